The van der Waals surface area contributed by atoms with Crippen molar-refractivity contribution < 1.29 is 54.2 Å². The summed E-state index contributed by atoms with van der Waals surface area (Å²) in [6, 6.07) is 5.81. The molecule has 4 unspecified atom stereocenters. The number of hydrogen-bond donors (Lipinski definition) is 9. The number of hydrogen-bond acceptors (Lipinski definition) is 18. The fraction of sp³-hybridized carbons (Fsp3) is 0.415. The zero-order chi connectivity index (χ0) is 92.8. The predicted octanol–water partition coefficient (Wildman–Crippen LogP) is 22.2. The van der Waals surface area contributed by atoms with Gasteiger partial charge in [0, 0.05) is 168 Å². The highest BCUT2D eigenvalue weighted by atomic mass is 16.5. The number of allylic oxidation sites excluding steroid dienone is 24. The SMILES string of the molecule is C=CC1=C(C)C2=NC1=CC1=NC(=C(CC)C1=CO)C=C1N=C3C(=C1C)C(=O)C(C)C3=C1NC(=C2)[C@@H](C)[C@@H]1CCC.CCC[C@@H]1C2=C3C4=NC(=C(C)C4=C(O)C3C)C=C3N=C(C=C4N=C(C=C(N2)[C@H]1C)C(C)=C4C(C)OCC)C(C)=C3CC.CCOC(C)c1c(C)c2cc3nc(c(CC(=O)O)c4nc(cc5[nH]c(cc1[nH]2)c(C)c5CC)C(C)=C4C(=O)O)[C@@H](CCC(=O)O)[C@@H]3C. The van der Waals surface area contributed by atoms with Crippen LogP contribution >= 0.6 is 0 Å². The summed E-state index contributed by atoms with van der Waals surface area (Å²) in [5, 5.41) is 59.4. The zero-order valence-electron chi connectivity index (χ0n) is 78.6. The first-order chi connectivity index (χ1) is 61.6. The molecule has 3 aromatic heterocycles. The van der Waals surface area contributed by atoms with Crippen LogP contribution in [-0.2, 0) is 41.5 Å². The number of aliphatic carboxylic acids is 3. The molecule has 17 rings (SSSR count). The van der Waals surface area contributed by atoms with Gasteiger partial charge in [-0.1, -0.05) is 94.7 Å². The largest absolute Gasteiger partial charge is 0.515 e. The number of carboxylic acid groups (broad SMARTS) is 3. The third-order valence-electron chi connectivity index (χ3n) is 28.7. The summed E-state index contributed by atoms with van der Waals surface area (Å²) in [6.45, 7) is 50.9. The molecule has 23 heteroatoms. The highest BCUT2D eigenvalue weighted by Gasteiger charge is 2.49. The van der Waals surface area contributed by atoms with Crippen molar-refractivity contribution in [2.45, 2.75) is 241 Å². The van der Waals surface area contributed by atoms with Crippen LogP contribution in [0.5, 0.6) is 0 Å². The van der Waals surface area contributed by atoms with Gasteiger partial charge in [-0.25, -0.2) is 39.7 Å². The van der Waals surface area contributed by atoms with E-state index < -0.39 is 30.2 Å². The quantitative estimate of drug-likeness (QED) is 0.0475. The lowest BCUT2D eigenvalue weighted by atomic mass is 9.84. The van der Waals surface area contributed by atoms with Crippen molar-refractivity contribution in [2.75, 3.05) is 13.2 Å². The average Bonchev–Trinajstić information content (AvgIpc) is 1.57. The molecule has 2 aliphatic carbocycles. The van der Waals surface area contributed by atoms with Crippen LogP contribution in [-0.4, -0.2) is 123 Å². The summed E-state index contributed by atoms with van der Waals surface area (Å²) < 4.78 is 12.2. The van der Waals surface area contributed by atoms with Crippen LogP contribution in [0.15, 0.2) is 244 Å². The summed E-state index contributed by atoms with van der Waals surface area (Å²) >= 11 is 0. The molecule has 12 aliphatic heterocycles. The summed E-state index contributed by atoms with van der Waals surface area (Å²) in [6.07, 6.45) is 21.2. The number of aliphatic hydroxyl groups is 2. The Bertz CT molecular complexity index is 6470. The molecule has 3 fully saturated rings. The molecule has 14 aliphatic rings. The predicted molar refractivity (Wildman–Crippen MR) is 514 cm³/mol. The average molecular weight is 1740 g/mol. The Morgan fingerprint density at radius 3 is 1.73 bits per heavy atom. The number of carbonyl (C=O) groups excluding carboxylic acids is 1. The summed E-state index contributed by atoms with van der Waals surface area (Å²) in [5.74, 6) is -2.87. The molecular formula is C106H122N12O11. The minimum Gasteiger partial charge on any atom is -0.515 e. The molecular weight excluding hydrogens is 1620 g/mol. The van der Waals surface area contributed by atoms with E-state index in [1.54, 1.807) is 6.92 Å². The Labute approximate surface area is 755 Å². The molecule has 3 aromatic rings. The van der Waals surface area contributed by atoms with E-state index in [0.717, 1.165) is 218 Å². The maximum Gasteiger partial charge on any atom is 0.338 e. The number of aromatic amines is 2. The van der Waals surface area contributed by atoms with Crippen molar-refractivity contribution in [2.24, 2.45) is 65.5 Å². The maximum atomic E-state index is 13.7. The van der Waals surface area contributed by atoms with Gasteiger partial charge in [-0.2, -0.15) is 0 Å². The van der Waals surface area contributed by atoms with E-state index in [-0.39, 0.29) is 83.2 Å². The van der Waals surface area contributed by atoms with Gasteiger partial charge in [0.2, 0.25) is 0 Å². The van der Waals surface area contributed by atoms with Crippen LogP contribution in [0.1, 0.15) is 258 Å². The number of fused-ring (bicyclic) bond motifs is 18. The van der Waals surface area contributed by atoms with E-state index in [4.69, 9.17) is 49.4 Å². The Balaban J connectivity index is 0.000000149. The van der Waals surface area contributed by atoms with Gasteiger partial charge in [-0.15, -0.1) is 0 Å². The van der Waals surface area contributed by atoms with E-state index in [1.807, 2.05) is 85.8 Å². The highest BCUT2D eigenvalue weighted by Crippen LogP contribution is 2.53. The molecule has 2 saturated heterocycles. The number of nitrogens with one attached hydrogen (secondary N) is 4. The molecule has 0 spiro atoms. The third-order valence-corrected chi connectivity index (χ3v) is 28.7. The van der Waals surface area contributed by atoms with Gasteiger partial charge in [0.05, 0.1) is 116 Å². The molecule has 10 atom stereocenters. The topological polar surface area (TPSA) is 343 Å². The molecule has 23 nitrogen and oxygen atoms in total. The van der Waals surface area contributed by atoms with E-state index in [2.05, 4.69) is 148 Å². The van der Waals surface area contributed by atoms with Gasteiger partial charge in [0.1, 0.15) is 5.76 Å². The summed E-state index contributed by atoms with van der Waals surface area (Å²) in [5.41, 5.74) is 38.0. The lowest BCUT2D eigenvalue weighted by Crippen LogP contribution is -2.17. The minimum atomic E-state index is -1.23. The van der Waals surface area contributed by atoms with E-state index >= 15 is 0 Å². The number of aryl methyl sites for hydroxylation is 3. The molecule has 9 N–H and O–H groups in total. The first-order valence-corrected chi connectivity index (χ1v) is 46.1. The van der Waals surface area contributed by atoms with Crippen LogP contribution in [0, 0.1) is 49.4 Å². The second-order valence-electron chi connectivity index (χ2n) is 36.1. The molecule has 129 heavy (non-hydrogen) atoms. The molecule has 1 saturated carbocycles. The van der Waals surface area contributed by atoms with Crippen molar-refractivity contribution in [3.05, 3.63) is 265 Å². The van der Waals surface area contributed by atoms with Gasteiger partial charge in [0.15, 0.2) is 5.78 Å². The van der Waals surface area contributed by atoms with Crippen LogP contribution in [0.3, 0.4) is 0 Å². The smallest absolute Gasteiger partial charge is 0.338 e. The Morgan fingerprint density at radius 2 is 1.12 bits per heavy atom. The van der Waals surface area contributed by atoms with Crippen molar-refractivity contribution in [3.8, 4) is 0 Å². The second-order valence-corrected chi connectivity index (χ2v) is 36.1. The molecule has 672 valence electrons. The number of ether oxygens (including phenoxy) is 2. The van der Waals surface area contributed by atoms with Crippen LogP contribution < -0.4 is 10.6 Å². The number of ketones is 1. The van der Waals surface area contributed by atoms with E-state index in [0.29, 0.717) is 71.7 Å². The fourth-order valence-corrected chi connectivity index (χ4v) is 21.6. The number of aliphatic imine (C=N–C) groups is 6. The zero-order valence-corrected chi connectivity index (χ0v) is 78.6. The number of H-pyrrole nitrogens is 2. The van der Waals surface area contributed by atoms with Crippen LogP contribution in [0.4, 0.5) is 0 Å². The number of nitrogens with zero attached hydrogens (tertiary/aromatic N) is 8. The first kappa shape index (κ1) is 91.4. The lowest BCUT2D eigenvalue weighted by molar-refractivity contribution is -0.138. The second kappa shape index (κ2) is 36.3. The summed E-state index contributed by atoms with van der Waals surface area (Å²) in [7, 11) is 0. The van der Waals surface area contributed by atoms with Crippen LogP contribution in [0.2, 0.25) is 0 Å². The molecule has 0 amide bonds. The van der Waals surface area contributed by atoms with Gasteiger partial charge in [0.25, 0.3) is 0 Å². The summed E-state index contributed by atoms with van der Waals surface area (Å²) in [4.78, 5) is 98.0. The van der Waals surface area contributed by atoms with Crippen LogP contribution in [0.25, 0.3) is 33.2 Å². The molecule has 24 bridgehead atoms. The Hall–Kier alpha value is -12.3. The monoisotopic (exact) mass is 1740 g/mol. The van der Waals surface area contributed by atoms with E-state index in [9.17, 15) is 44.7 Å². The van der Waals surface area contributed by atoms with Crippen molar-refractivity contribution in [1.29, 1.82) is 0 Å². The normalized spacial score (nSPS) is 23.9. The minimum absolute atomic E-state index is 0.0440. The first-order valence-electron chi connectivity index (χ1n) is 46.1. The maximum absolute atomic E-state index is 13.7. The van der Waals surface area contributed by atoms with Gasteiger partial charge >= 0.3 is 17.9 Å². The Morgan fingerprint density at radius 1 is 0.535 bits per heavy atom. The third kappa shape index (κ3) is 15.9. The van der Waals surface area contributed by atoms with E-state index in [1.165, 1.54) is 22.5 Å². The van der Waals surface area contributed by atoms with Gasteiger partial charge in [-0.05, 0) is 238 Å². The fourth-order valence-electron chi connectivity index (χ4n) is 21.6. The number of aromatic nitrogens is 4. The van der Waals surface area contributed by atoms with Crippen molar-refractivity contribution >= 4 is 91.2 Å². The standard InChI is InChI=1S/C36H42N4O7.C36H44N4O2.C34H36N4O2/c1-8-21-16(3)24-15-29-32(20(7)47-9-2)18(5)26(38-29)13-25-17(4)22(10-11-30(41)42)34(39-25)23(12-31(43)44)35-33(36(45)46)19(6)27(40-35)14-28(21)37-24;1-10-13-24-18(5)26-14-27-19(6)31(22(9)42-12-3)30(38-27)16-25-17(4)23(11-2)29(37-25)15-28-20(7)33-35(40-28)32(34(24)39-26)21(8)36(33)41;1-8-11-22-17(5)25-12-24-16(4)20(9-2)27(35-24)14-29-23(15-39)21(10-3)28(36-29)13-26-18(6)31-33(38-26)30(32(22)37-25)19(7)34(31)40/h13-15,17,20,22,37-38H,8-12H2,1-7H3,(H,41,42)(H,43,44)(H,45,46);14-16,18,21-22,24,39,41H,10-13H2,1-9H3;9,12-15,17,19,22,37,39H,2,8,10-11H2,1,3-7H3/t17-,20?,22-;18-,21?,22?,24-;17-,19?,22-/m000/s1. The van der Waals surface area contributed by atoms with Crippen molar-refractivity contribution in [1.82, 2.24) is 30.6 Å². The number of rotatable bonds is 20. The molecule has 15 heterocycles. The van der Waals surface area contributed by atoms with Gasteiger partial charge in [-0.3, -0.25) is 19.4 Å². The number of Topliss-reactive ketones (excluding diaryl/α,β-unsaturated/α-hetero) is 1. The van der Waals surface area contributed by atoms with Gasteiger partial charge < -0.3 is 55.6 Å². The highest BCUT2D eigenvalue weighted by molar-refractivity contribution is 6.39. The van der Waals surface area contributed by atoms with Crippen molar-refractivity contribution in [3.63, 3.8) is 0 Å². The number of carboxylic acids is 3. The number of aliphatic hydroxyl groups excluding tert-OH is 2. The number of carbonyl (C=O) groups is 4. The lowest BCUT2D eigenvalue weighted by Gasteiger charge is -2.19. The molecule has 0 aromatic carbocycles. The molecule has 0 radical (unpaired) electrons. The Kier molecular flexibility index (Phi) is 25.7.